The Labute approximate surface area is 289 Å². The van der Waals surface area contributed by atoms with Gasteiger partial charge in [0.15, 0.2) is 17.4 Å². The SMILES string of the molecule is Cc1cccc(C)c1-c1ccnc(-n2c3[c-]c(Oc4[c-]c(-n5[cH+]n(C(C)C)c6ccccc65)ccc4)ccc3c3ccccc32)c1.[Pt]. The fourth-order valence-corrected chi connectivity index (χ4v) is 6.63. The zero-order valence-corrected chi connectivity index (χ0v) is 28.9. The van der Waals surface area contributed by atoms with Crippen molar-refractivity contribution in [2.24, 2.45) is 0 Å². The van der Waals surface area contributed by atoms with E-state index in [-0.39, 0.29) is 21.1 Å². The second-order valence-corrected chi connectivity index (χ2v) is 12.1. The summed E-state index contributed by atoms with van der Waals surface area (Å²) in [5.74, 6) is 2.08. The number of ether oxygens (including phenoxy) is 1. The van der Waals surface area contributed by atoms with E-state index in [2.05, 4.69) is 151 Å². The van der Waals surface area contributed by atoms with Crippen LogP contribution in [-0.4, -0.2) is 18.7 Å². The van der Waals surface area contributed by atoms with Gasteiger partial charge < -0.3 is 9.30 Å². The van der Waals surface area contributed by atoms with Crippen LogP contribution in [0.15, 0.2) is 122 Å². The Kier molecular flexibility index (Phi) is 8.03. The fourth-order valence-electron chi connectivity index (χ4n) is 6.63. The minimum atomic E-state index is 0. The smallest absolute Gasteiger partial charge is 0.188 e. The number of aryl methyl sites for hydroxylation is 2. The number of nitrogens with zero attached hydrogens (tertiary/aromatic N) is 4. The van der Waals surface area contributed by atoms with E-state index in [9.17, 15) is 0 Å². The summed E-state index contributed by atoms with van der Waals surface area (Å²) < 4.78 is 13.1. The average molecular weight is 793 g/mol. The summed E-state index contributed by atoms with van der Waals surface area (Å²) >= 11 is 0. The Bertz CT molecular complexity index is 2400. The molecule has 5 aromatic carbocycles. The van der Waals surface area contributed by atoms with Crippen molar-refractivity contribution in [1.82, 2.24) is 18.7 Å². The number of imidazole rings is 1. The Balaban J connectivity index is 0.00000351. The van der Waals surface area contributed by atoms with Gasteiger partial charge in [-0.1, -0.05) is 48.0 Å². The minimum Gasteiger partial charge on any atom is -0.508 e. The first-order valence-electron chi connectivity index (χ1n) is 15.7. The molecule has 3 aromatic heterocycles. The third-order valence-corrected chi connectivity index (χ3v) is 8.75. The van der Waals surface area contributed by atoms with Crippen LogP contribution in [0.4, 0.5) is 0 Å². The van der Waals surface area contributed by atoms with Crippen LogP contribution in [0.25, 0.3) is 55.5 Å². The molecule has 0 spiro atoms. The fraction of sp³-hybridized carbons (Fsp3) is 0.122. The van der Waals surface area contributed by atoms with Gasteiger partial charge in [-0.25, -0.2) is 14.1 Å². The van der Waals surface area contributed by atoms with E-state index in [0.29, 0.717) is 17.5 Å². The van der Waals surface area contributed by atoms with Crippen LogP contribution in [-0.2, 0) is 21.1 Å². The standard InChI is InChI=1S/C41H33N4O.Pt/c1-27(2)43-26-44(38-18-8-7-17-37(38)43)31-13-10-14-32(24-31)46-33-19-20-35-34-15-5-6-16-36(34)45(39(35)25-33)40-23-30(21-22-42-40)41-28(3)11-9-12-29(41)4;/h5-23,26-27H,1-4H3;/q-1;. The van der Waals surface area contributed by atoms with E-state index in [0.717, 1.165) is 44.4 Å². The largest absolute Gasteiger partial charge is 0.508 e. The van der Waals surface area contributed by atoms with Gasteiger partial charge in [0.05, 0.1) is 6.04 Å². The van der Waals surface area contributed by atoms with E-state index in [1.807, 2.05) is 24.4 Å². The molecular formula is C41H33N4OPt-. The summed E-state index contributed by atoms with van der Waals surface area (Å²) in [6.07, 6.45) is 4.03. The Morgan fingerprint density at radius 3 is 2.19 bits per heavy atom. The molecule has 3 heterocycles. The maximum absolute atomic E-state index is 6.46. The van der Waals surface area contributed by atoms with E-state index in [4.69, 9.17) is 9.72 Å². The Morgan fingerprint density at radius 2 is 1.40 bits per heavy atom. The van der Waals surface area contributed by atoms with Crippen LogP contribution in [0, 0.1) is 26.0 Å². The van der Waals surface area contributed by atoms with Crippen LogP contribution in [0.5, 0.6) is 11.5 Å². The zero-order chi connectivity index (χ0) is 31.4. The molecule has 47 heavy (non-hydrogen) atoms. The number of hydrogen-bond acceptors (Lipinski definition) is 2. The van der Waals surface area contributed by atoms with Gasteiger partial charge >= 0.3 is 0 Å². The van der Waals surface area contributed by atoms with E-state index < -0.39 is 0 Å². The number of para-hydroxylation sites is 3. The van der Waals surface area contributed by atoms with E-state index in [1.165, 1.54) is 22.2 Å². The molecule has 0 saturated carbocycles. The molecule has 8 aromatic rings. The van der Waals surface area contributed by atoms with Crippen molar-refractivity contribution in [3.63, 3.8) is 0 Å². The second-order valence-electron chi connectivity index (χ2n) is 12.1. The summed E-state index contributed by atoms with van der Waals surface area (Å²) in [5.41, 5.74) is 10.1. The first-order valence-corrected chi connectivity index (χ1v) is 15.7. The molecule has 0 N–H and O–H groups in total. The maximum Gasteiger partial charge on any atom is 0.188 e. The van der Waals surface area contributed by atoms with E-state index >= 15 is 0 Å². The molecule has 0 aliphatic rings. The molecule has 0 saturated heterocycles. The summed E-state index contributed by atoms with van der Waals surface area (Å²) in [6.45, 7) is 8.71. The van der Waals surface area contributed by atoms with Gasteiger partial charge in [0, 0.05) is 62.1 Å². The van der Waals surface area contributed by atoms with Gasteiger partial charge in [-0.05, 0) is 85.7 Å². The van der Waals surface area contributed by atoms with Crippen molar-refractivity contribution >= 4 is 32.8 Å². The van der Waals surface area contributed by atoms with Crippen molar-refractivity contribution in [2.45, 2.75) is 33.7 Å². The molecule has 0 atom stereocenters. The predicted molar refractivity (Wildman–Crippen MR) is 187 cm³/mol. The number of rotatable bonds is 6. The monoisotopic (exact) mass is 792 g/mol. The third-order valence-electron chi connectivity index (χ3n) is 8.75. The van der Waals surface area contributed by atoms with Gasteiger partial charge in [-0.3, -0.25) is 0 Å². The first kappa shape index (κ1) is 30.7. The van der Waals surface area contributed by atoms with Gasteiger partial charge in [-0.15, -0.1) is 29.7 Å². The van der Waals surface area contributed by atoms with Crippen molar-refractivity contribution in [3.05, 3.63) is 145 Å². The molecule has 0 radical (unpaired) electrons. The number of hydrogen-bond donors (Lipinski definition) is 0. The van der Waals surface area contributed by atoms with Crippen molar-refractivity contribution in [1.29, 1.82) is 0 Å². The molecule has 8 rings (SSSR count). The summed E-state index contributed by atoms with van der Waals surface area (Å²) in [5, 5.41) is 2.24. The zero-order valence-electron chi connectivity index (χ0n) is 26.6. The summed E-state index contributed by atoms with van der Waals surface area (Å²) in [4.78, 5) is 4.86. The van der Waals surface area contributed by atoms with Crippen LogP contribution in [0.3, 0.4) is 0 Å². The van der Waals surface area contributed by atoms with Gasteiger partial charge in [0.2, 0.25) is 0 Å². The Hall–Kier alpha value is -4.99. The van der Waals surface area contributed by atoms with Crippen LogP contribution < -0.4 is 4.74 Å². The minimum absolute atomic E-state index is 0. The number of pyridine rings is 1. The van der Waals surface area contributed by atoms with Crippen molar-refractivity contribution in [3.8, 4) is 34.1 Å². The molecule has 0 unspecified atom stereocenters. The molecule has 0 bridgehead atoms. The summed E-state index contributed by atoms with van der Waals surface area (Å²) in [6, 6.07) is 45.1. The van der Waals surface area contributed by atoms with Crippen LogP contribution >= 0.6 is 0 Å². The second kappa shape index (κ2) is 12.3. The molecule has 234 valence electrons. The Morgan fingerprint density at radius 1 is 0.702 bits per heavy atom. The molecule has 0 fully saturated rings. The van der Waals surface area contributed by atoms with Crippen molar-refractivity contribution < 1.29 is 25.8 Å². The molecular weight excluding hydrogens is 760 g/mol. The van der Waals surface area contributed by atoms with Crippen LogP contribution in [0.2, 0.25) is 0 Å². The average Bonchev–Trinajstić information content (AvgIpc) is 3.61. The molecule has 0 aliphatic heterocycles. The number of aromatic nitrogens is 4. The van der Waals surface area contributed by atoms with E-state index in [1.54, 1.807) is 0 Å². The van der Waals surface area contributed by atoms with Gasteiger partial charge in [0.25, 0.3) is 0 Å². The van der Waals surface area contributed by atoms with Crippen molar-refractivity contribution in [2.75, 3.05) is 0 Å². The predicted octanol–water partition coefficient (Wildman–Crippen LogP) is 10.5. The summed E-state index contributed by atoms with van der Waals surface area (Å²) in [7, 11) is 0. The maximum atomic E-state index is 6.46. The first-order chi connectivity index (χ1) is 22.5. The molecule has 0 aliphatic carbocycles. The quantitative estimate of drug-likeness (QED) is 0.157. The number of fused-ring (bicyclic) bond motifs is 4. The third kappa shape index (κ3) is 5.35. The molecule has 5 nitrogen and oxygen atoms in total. The topological polar surface area (TPSA) is 36.9 Å². The molecule has 6 heteroatoms. The van der Waals surface area contributed by atoms with Gasteiger partial charge in [-0.2, -0.15) is 12.1 Å². The van der Waals surface area contributed by atoms with Gasteiger partial charge in [0.1, 0.15) is 5.82 Å². The normalized spacial score (nSPS) is 11.4. The number of benzene rings is 5. The van der Waals surface area contributed by atoms with Crippen LogP contribution in [0.1, 0.15) is 31.0 Å². The molecule has 0 amide bonds.